The molecule has 0 saturated carbocycles. The average Bonchev–Trinajstić information content (AvgIpc) is 3.06. The molecule has 0 radical (unpaired) electrons. The Labute approximate surface area is 143 Å². The summed E-state index contributed by atoms with van der Waals surface area (Å²) in [4.78, 5) is 30.1. The molecule has 3 aromatic heterocycles. The number of rotatable bonds is 4. The molecule has 0 fully saturated rings. The highest BCUT2D eigenvalue weighted by Gasteiger charge is 2.21. The summed E-state index contributed by atoms with van der Waals surface area (Å²) in [7, 11) is 0. The van der Waals surface area contributed by atoms with E-state index in [4.69, 9.17) is 4.74 Å². The molecule has 0 unspecified atom stereocenters. The highest BCUT2D eigenvalue weighted by atomic mass is 32.1. The van der Waals surface area contributed by atoms with Crippen molar-refractivity contribution in [3.8, 4) is 0 Å². The molecule has 3 aromatic rings. The Balaban J connectivity index is 1.95. The third-order valence-electron chi connectivity index (χ3n) is 3.50. The zero-order chi connectivity index (χ0) is 17.3. The summed E-state index contributed by atoms with van der Waals surface area (Å²) in [5, 5.41) is 3.31. The smallest absolute Gasteiger partial charge is 0.341 e. The lowest BCUT2D eigenvalue weighted by molar-refractivity contribution is 0.0528. The lowest BCUT2D eigenvalue weighted by atomic mass is 10.2. The summed E-state index contributed by atoms with van der Waals surface area (Å²) in [5.41, 5.74) is 2.16. The fourth-order valence-corrected chi connectivity index (χ4v) is 3.41. The van der Waals surface area contributed by atoms with Gasteiger partial charge in [0.1, 0.15) is 16.3 Å². The number of nitrogens with zero attached hydrogens (tertiary/aromatic N) is 2. The van der Waals surface area contributed by atoms with Crippen LogP contribution in [0.5, 0.6) is 0 Å². The number of imidazole rings is 1. The maximum Gasteiger partial charge on any atom is 0.341 e. The zero-order valence-corrected chi connectivity index (χ0v) is 14.4. The van der Waals surface area contributed by atoms with Gasteiger partial charge in [-0.05, 0) is 39.0 Å². The summed E-state index contributed by atoms with van der Waals surface area (Å²) >= 11 is 1.34. The number of fused-ring (bicyclic) bond motifs is 1. The van der Waals surface area contributed by atoms with Crippen molar-refractivity contribution >= 4 is 33.9 Å². The standard InChI is InChI=1S/C17H17N3O3S/c1-4-23-17(22)12-9-10(2)24-16(12)19-15(21)14-11(3)18-13-7-5-6-8-20(13)14/h5-9H,4H2,1-3H3,(H,19,21). The Morgan fingerprint density at radius 3 is 2.88 bits per heavy atom. The number of hydrogen-bond acceptors (Lipinski definition) is 5. The second kappa shape index (κ2) is 6.45. The van der Waals surface area contributed by atoms with Gasteiger partial charge in [-0.15, -0.1) is 11.3 Å². The molecule has 6 nitrogen and oxygen atoms in total. The molecule has 0 aromatic carbocycles. The molecule has 1 N–H and O–H groups in total. The predicted molar refractivity (Wildman–Crippen MR) is 92.9 cm³/mol. The molecule has 3 heterocycles. The van der Waals surface area contributed by atoms with Crippen LogP contribution in [0.15, 0.2) is 30.5 Å². The summed E-state index contributed by atoms with van der Waals surface area (Å²) in [6.07, 6.45) is 1.79. The van der Waals surface area contributed by atoms with Crippen molar-refractivity contribution in [2.24, 2.45) is 0 Å². The summed E-state index contributed by atoms with van der Waals surface area (Å²) in [5.74, 6) is -0.745. The van der Waals surface area contributed by atoms with E-state index in [0.717, 1.165) is 4.88 Å². The number of hydrogen-bond donors (Lipinski definition) is 1. The molecule has 1 amide bonds. The third kappa shape index (κ3) is 2.90. The second-order valence-corrected chi connectivity index (χ2v) is 6.51. The van der Waals surface area contributed by atoms with Crippen molar-refractivity contribution < 1.29 is 14.3 Å². The molecule has 0 saturated heterocycles. The number of amides is 1. The highest BCUT2D eigenvalue weighted by Crippen LogP contribution is 2.29. The first kappa shape index (κ1) is 16.2. The molecule has 0 aliphatic carbocycles. The number of aromatic nitrogens is 2. The van der Waals surface area contributed by atoms with Crippen LogP contribution < -0.4 is 5.32 Å². The van der Waals surface area contributed by atoms with Gasteiger partial charge in [0, 0.05) is 11.1 Å². The van der Waals surface area contributed by atoms with E-state index in [1.54, 1.807) is 30.5 Å². The number of nitrogens with one attached hydrogen (secondary N) is 1. The van der Waals surface area contributed by atoms with Gasteiger partial charge in [-0.1, -0.05) is 6.07 Å². The highest BCUT2D eigenvalue weighted by molar-refractivity contribution is 7.16. The first-order valence-corrected chi connectivity index (χ1v) is 8.35. The minimum Gasteiger partial charge on any atom is -0.462 e. The lowest BCUT2D eigenvalue weighted by Gasteiger charge is -2.06. The maximum atomic E-state index is 12.7. The Morgan fingerprint density at radius 2 is 2.12 bits per heavy atom. The van der Waals surface area contributed by atoms with E-state index in [9.17, 15) is 9.59 Å². The molecule has 3 rings (SSSR count). The third-order valence-corrected chi connectivity index (χ3v) is 4.46. The number of aryl methyl sites for hydroxylation is 2. The molecule has 124 valence electrons. The number of thiophene rings is 1. The zero-order valence-electron chi connectivity index (χ0n) is 13.6. The van der Waals surface area contributed by atoms with Crippen LogP contribution in [0, 0.1) is 13.8 Å². The van der Waals surface area contributed by atoms with Crippen LogP contribution in [-0.2, 0) is 4.74 Å². The molecular formula is C17H17N3O3S. The van der Waals surface area contributed by atoms with Gasteiger partial charge in [0.05, 0.1) is 17.9 Å². The first-order valence-electron chi connectivity index (χ1n) is 7.54. The van der Waals surface area contributed by atoms with E-state index in [2.05, 4.69) is 10.3 Å². The van der Waals surface area contributed by atoms with Crippen molar-refractivity contribution in [3.05, 3.63) is 52.3 Å². The molecular weight excluding hydrogens is 326 g/mol. The van der Waals surface area contributed by atoms with Gasteiger partial charge in [-0.25, -0.2) is 9.78 Å². The van der Waals surface area contributed by atoms with Gasteiger partial charge < -0.3 is 10.1 Å². The molecule has 7 heteroatoms. The van der Waals surface area contributed by atoms with Crippen LogP contribution in [-0.4, -0.2) is 27.9 Å². The predicted octanol–water partition coefficient (Wildman–Crippen LogP) is 3.44. The summed E-state index contributed by atoms with van der Waals surface area (Å²) in [6, 6.07) is 7.26. The van der Waals surface area contributed by atoms with Crippen molar-refractivity contribution in [2.45, 2.75) is 20.8 Å². The van der Waals surface area contributed by atoms with Gasteiger partial charge in [0.2, 0.25) is 0 Å². The van der Waals surface area contributed by atoms with E-state index in [-0.39, 0.29) is 12.5 Å². The topological polar surface area (TPSA) is 72.7 Å². The summed E-state index contributed by atoms with van der Waals surface area (Å²) < 4.78 is 6.78. The van der Waals surface area contributed by atoms with Gasteiger partial charge in [-0.3, -0.25) is 9.20 Å². The van der Waals surface area contributed by atoms with Crippen molar-refractivity contribution in [1.82, 2.24) is 9.38 Å². The fraction of sp³-hybridized carbons (Fsp3) is 0.235. The lowest BCUT2D eigenvalue weighted by Crippen LogP contribution is -2.17. The number of carbonyl (C=O) groups excluding carboxylic acids is 2. The minimum atomic E-state index is -0.438. The molecule has 0 aliphatic rings. The second-order valence-electron chi connectivity index (χ2n) is 5.25. The van der Waals surface area contributed by atoms with E-state index < -0.39 is 5.97 Å². The number of pyridine rings is 1. The number of esters is 1. The average molecular weight is 343 g/mol. The van der Waals surface area contributed by atoms with Crippen LogP contribution in [0.25, 0.3) is 5.65 Å². The number of anilines is 1. The Morgan fingerprint density at radius 1 is 1.33 bits per heavy atom. The van der Waals surface area contributed by atoms with E-state index in [1.165, 1.54) is 11.3 Å². The largest absolute Gasteiger partial charge is 0.462 e. The van der Waals surface area contributed by atoms with Gasteiger partial charge in [0.25, 0.3) is 5.91 Å². The van der Waals surface area contributed by atoms with Gasteiger partial charge in [-0.2, -0.15) is 0 Å². The van der Waals surface area contributed by atoms with E-state index in [0.29, 0.717) is 27.6 Å². The molecule has 0 bridgehead atoms. The maximum absolute atomic E-state index is 12.7. The van der Waals surface area contributed by atoms with Gasteiger partial charge >= 0.3 is 5.97 Å². The van der Waals surface area contributed by atoms with Crippen molar-refractivity contribution in [3.63, 3.8) is 0 Å². The van der Waals surface area contributed by atoms with Crippen LogP contribution in [0.4, 0.5) is 5.00 Å². The minimum absolute atomic E-state index is 0.285. The summed E-state index contributed by atoms with van der Waals surface area (Å²) in [6.45, 7) is 5.70. The Kier molecular flexibility index (Phi) is 4.35. The fourth-order valence-electron chi connectivity index (χ4n) is 2.52. The van der Waals surface area contributed by atoms with Crippen LogP contribution in [0.2, 0.25) is 0 Å². The van der Waals surface area contributed by atoms with Crippen molar-refractivity contribution in [2.75, 3.05) is 11.9 Å². The molecule has 0 aliphatic heterocycles. The van der Waals surface area contributed by atoms with E-state index in [1.807, 2.05) is 25.1 Å². The van der Waals surface area contributed by atoms with E-state index >= 15 is 0 Å². The van der Waals surface area contributed by atoms with Crippen LogP contribution in [0.1, 0.15) is 38.3 Å². The SMILES string of the molecule is CCOC(=O)c1cc(C)sc1NC(=O)c1c(C)nc2ccccn12. The Bertz CT molecular complexity index is 926. The first-order chi connectivity index (χ1) is 11.5. The molecule has 0 atom stereocenters. The van der Waals surface area contributed by atoms with Crippen molar-refractivity contribution in [1.29, 1.82) is 0 Å². The molecule has 0 spiro atoms. The van der Waals surface area contributed by atoms with Gasteiger partial charge in [0.15, 0.2) is 0 Å². The van der Waals surface area contributed by atoms with Crippen LogP contribution in [0.3, 0.4) is 0 Å². The normalized spacial score (nSPS) is 10.8. The number of ether oxygens (including phenoxy) is 1. The quantitative estimate of drug-likeness (QED) is 0.737. The van der Waals surface area contributed by atoms with Crippen LogP contribution >= 0.6 is 11.3 Å². The molecule has 24 heavy (non-hydrogen) atoms. The monoisotopic (exact) mass is 343 g/mol. The number of carbonyl (C=O) groups is 2. The Hall–Kier alpha value is -2.67.